The third-order valence-electron chi connectivity index (χ3n) is 4.62. The van der Waals surface area contributed by atoms with Crippen molar-refractivity contribution in [3.05, 3.63) is 34.7 Å². The van der Waals surface area contributed by atoms with E-state index in [2.05, 4.69) is 31.0 Å². The summed E-state index contributed by atoms with van der Waals surface area (Å²) in [6.45, 7) is 3.59. The molecule has 1 aliphatic heterocycles. The molecule has 1 fully saturated rings. The summed E-state index contributed by atoms with van der Waals surface area (Å²) in [5.41, 5.74) is 2.11. The van der Waals surface area contributed by atoms with E-state index in [9.17, 15) is 9.59 Å². The molecule has 1 N–H and O–H groups in total. The van der Waals surface area contributed by atoms with E-state index in [-0.39, 0.29) is 12.3 Å². The van der Waals surface area contributed by atoms with Crippen molar-refractivity contribution >= 4 is 51.9 Å². The van der Waals surface area contributed by atoms with Crippen molar-refractivity contribution in [2.75, 3.05) is 25.0 Å². The first-order valence-electron chi connectivity index (χ1n) is 9.70. The normalized spacial score (nSPS) is 15.5. The Kier molecular flexibility index (Phi) is 8.99. The molecule has 1 heterocycles. The van der Waals surface area contributed by atoms with Crippen LogP contribution in [0.25, 0.3) is 6.08 Å². The van der Waals surface area contributed by atoms with Gasteiger partial charge in [-0.1, -0.05) is 62.3 Å². The number of hydrogen-bond acceptors (Lipinski definition) is 5. The Bertz CT molecular complexity index is 732. The zero-order chi connectivity index (χ0) is 20.5. The summed E-state index contributed by atoms with van der Waals surface area (Å²) >= 11 is 6.55. The van der Waals surface area contributed by atoms with Gasteiger partial charge in [0.15, 0.2) is 0 Å². The van der Waals surface area contributed by atoms with E-state index in [0.717, 1.165) is 17.8 Å². The molecule has 0 bridgehead atoms. The van der Waals surface area contributed by atoms with Crippen LogP contribution in [0.2, 0.25) is 0 Å². The average molecular weight is 421 g/mol. The van der Waals surface area contributed by atoms with Gasteiger partial charge in [0.05, 0.1) is 4.91 Å². The molecule has 1 saturated heterocycles. The fraction of sp³-hybridized carbons (Fsp3) is 0.476. The van der Waals surface area contributed by atoms with Crippen LogP contribution in [0.15, 0.2) is 29.2 Å². The van der Waals surface area contributed by atoms with E-state index in [4.69, 9.17) is 17.3 Å². The number of carboxylic acid groups (broad SMARTS) is 1. The predicted molar refractivity (Wildman–Crippen MR) is 121 cm³/mol. The van der Waals surface area contributed by atoms with Crippen molar-refractivity contribution in [2.45, 2.75) is 45.4 Å². The first-order valence-corrected chi connectivity index (χ1v) is 10.9. The Labute approximate surface area is 176 Å². The Hall–Kier alpha value is -1.86. The quantitative estimate of drug-likeness (QED) is 0.316. The molecule has 0 saturated carbocycles. The molecule has 1 aromatic carbocycles. The van der Waals surface area contributed by atoms with Gasteiger partial charge in [0.1, 0.15) is 4.32 Å². The molecule has 28 heavy (non-hydrogen) atoms. The van der Waals surface area contributed by atoms with Crippen molar-refractivity contribution in [1.82, 2.24) is 4.90 Å². The minimum Gasteiger partial charge on any atom is -0.481 e. The fourth-order valence-electron chi connectivity index (χ4n) is 2.96. The van der Waals surface area contributed by atoms with Gasteiger partial charge in [-0.15, -0.1) is 0 Å². The minimum atomic E-state index is -0.864. The van der Waals surface area contributed by atoms with Gasteiger partial charge < -0.3 is 10.0 Å². The number of rotatable bonds is 11. The highest BCUT2D eigenvalue weighted by Crippen LogP contribution is 2.33. The van der Waals surface area contributed by atoms with Gasteiger partial charge in [0, 0.05) is 32.2 Å². The third kappa shape index (κ3) is 6.63. The lowest BCUT2D eigenvalue weighted by Gasteiger charge is -2.19. The molecule has 2 rings (SSSR count). The number of carbonyl (C=O) groups excluding carboxylic acids is 1. The number of thiocarbonyl (C=S) groups is 1. The van der Waals surface area contributed by atoms with Gasteiger partial charge >= 0.3 is 5.97 Å². The number of anilines is 1. The van der Waals surface area contributed by atoms with E-state index >= 15 is 0 Å². The first-order chi connectivity index (χ1) is 13.4. The van der Waals surface area contributed by atoms with Crippen LogP contribution in [0.3, 0.4) is 0 Å². The van der Waals surface area contributed by atoms with Crippen LogP contribution in [0.5, 0.6) is 0 Å². The molecule has 0 aliphatic carbocycles. The highest BCUT2D eigenvalue weighted by molar-refractivity contribution is 8.26. The van der Waals surface area contributed by atoms with Crippen LogP contribution in [-0.2, 0) is 9.59 Å². The number of benzene rings is 1. The number of aliphatic carboxylic acids is 1. The van der Waals surface area contributed by atoms with E-state index in [1.807, 2.05) is 18.2 Å². The number of carboxylic acids is 1. The van der Waals surface area contributed by atoms with Crippen LogP contribution in [0, 0.1) is 0 Å². The maximum atomic E-state index is 12.5. The van der Waals surface area contributed by atoms with Crippen LogP contribution >= 0.6 is 24.0 Å². The molecule has 0 unspecified atom stereocenters. The summed E-state index contributed by atoms with van der Waals surface area (Å²) in [7, 11) is 2.10. The predicted octanol–water partition coefficient (Wildman–Crippen LogP) is 4.77. The zero-order valence-electron chi connectivity index (χ0n) is 16.5. The van der Waals surface area contributed by atoms with E-state index in [1.54, 1.807) is 0 Å². The van der Waals surface area contributed by atoms with Gasteiger partial charge in [-0.05, 0) is 36.6 Å². The average Bonchev–Trinajstić information content (AvgIpc) is 2.93. The van der Waals surface area contributed by atoms with Crippen molar-refractivity contribution in [3.8, 4) is 0 Å². The Morgan fingerprint density at radius 3 is 2.57 bits per heavy atom. The van der Waals surface area contributed by atoms with Gasteiger partial charge in [-0.25, -0.2) is 0 Å². The Morgan fingerprint density at radius 2 is 1.93 bits per heavy atom. The summed E-state index contributed by atoms with van der Waals surface area (Å²) in [4.78, 5) is 27.5. The molecule has 5 nitrogen and oxygen atoms in total. The monoisotopic (exact) mass is 420 g/mol. The van der Waals surface area contributed by atoms with Crippen LogP contribution < -0.4 is 4.90 Å². The van der Waals surface area contributed by atoms with Crippen molar-refractivity contribution in [3.63, 3.8) is 0 Å². The number of carbonyl (C=O) groups is 2. The number of unbranched alkanes of at least 4 members (excludes halogenated alkanes) is 3. The second-order valence-corrected chi connectivity index (χ2v) is 8.58. The van der Waals surface area contributed by atoms with Crippen molar-refractivity contribution < 1.29 is 14.7 Å². The summed E-state index contributed by atoms with van der Waals surface area (Å²) in [5.74, 6) is -1.01. The molecule has 0 spiro atoms. The third-order valence-corrected chi connectivity index (χ3v) is 6.00. The molecule has 152 valence electrons. The zero-order valence-corrected chi connectivity index (χ0v) is 18.2. The molecule has 1 aromatic rings. The van der Waals surface area contributed by atoms with E-state index in [1.165, 1.54) is 42.3 Å². The number of amides is 1. The minimum absolute atomic E-state index is 0.0313. The Morgan fingerprint density at radius 1 is 1.21 bits per heavy atom. The molecule has 0 radical (unpaired) electrons. The topological polar surface area (TPSA) is 60.9 Å². The van der Waals surface area contributed by atoms with Gasteiger partial charge in [0.2, 0.25) is 0 Å². The highest BCUT2D eigenvalue weighted by Gasteiger charge is 2.31. The maximum Gasteiger partial charge on any atom is 0.303 e. The lowest BCUT2D eigenvalue weighted by Crippen LogP contribution is -2.29. The molecule has 1 aliphatic rings. The molecular formula is C21H28N2O3S2. The van der Waals surface area contributed by atoms with Gasteiger partial charge in [-0.3, -0.25) is 14.5 Å². The SMILES string of the molecule is CCCCCCN(C)c1ccc(/C=C2\SC(=S)N(CCCC(=O)O)C2=O)cc1. The van der Waals surface area contributed by atoms with Crippen molar-refractivity contribution in [2.24, 2.45) is 0 Å². The number of hydrogen-bond donors (Lipinski definition) is 1. The van der Waals surface area contributed by atoms with Crippen LogP contribution in [0.1, 0.15) is 51.0 Å². The van der Waals surface area contributed by atoms with E-state index in [0.29, 0.717) is 22.2 Å². The summed E-state index contributed by atoms with van der Waals surface area (Å²) in [6, 6.07) is 8.15. The molecule has 0 aromatic heterocycles. The standard InChI is InChI=1S/C21H28N2O3S2/c1-3-4-5-6-13-22(2)17-11-9-16(10-12-17)15-18-20(26)23(21(27)28-18)14-7-8-19(24)25/h9-12,15H,3-8,13-14H2,1-2H3,(H,24,25)/b18-15-. The maximum absolute atomic E-state index is 12.5. The number of nitrogens with zero attached hydrogens (tertiary/aromatic N) is 2. The van der Waals surface area contributed by atoms with E-state index < -0.39 is 5.97 Å². The first kappa shape index (κ1) is 22.4. The fourth-order valence-corrected chi connectivity index (χ4v) is 4.27. The molecular weight excluding hydrogens is 392 g/mol. The summed E-state index contributed by atoms with van der Waals surface area (Å²) in [5, 5.41) is 8.74. The lowest BCUT2D eigenvalue weighted by atomic mass is 10.1. The smallest absolute Gasteiger partial charge is 0.303 e. The van der Waals surface area contributed by atoms with Gasteiger partial charge in [0.25, 0.3) is 5.91 Å². The summed E-state index contributed by atoms with van der Waals surface area (Å²) in [6.07, 6.45) is 7.24. The molecule has 0 atom stereocenters. The lowest BCUT2D eigenvalue weighted by molar-refractivity contribution is -0.137. The van der Waals surface area contributed by atoms with Crippen LogP contribution in [-0.4, -0.2) is 46.3 Å². The number of thioether (sulfide) groups is 1. The second-order valence-electron chi connectivity index (χ2n) is 6.90. The highest BCUT2D eigenvalue weighted by atomic mass is 32.2. The second kappa shape index (κ2) is 11.2. The molecule has 7 heteroatoms. The van der Waals surface area contributed by atoms with Gasteiger partial charge in [-0.2, -0.15) is 0 Å². The summed E-state index contributed by atoms with van der Waals surface area (Å²) < 4.78 is 0.491. The molecule has 1 amide bonds. The Balaban J connectivity index is 1.94. The van der Waals surface area contributed by atoms with Crippen LogP contribution in [0.4, 0.5) is 5.69 Å². The van der Waals surface area contributed by atoms with Crippen molar-refractivity contribution in [1.29, 1.82) is 0 Å². The largest absolute Gasteiger partial charge is 0.481 e.